The van der Waals surface area contributed by atoms with Crippen LogP contribution in [-0.4, -0.2) is 16.1 Å². The SMILES string of the molecule is CC(C)c1nnc(N2C(=O)c3oc4ccccc4c(=O)c3C2c2cccc(Oc3ccccc3)c2)s1. The average Bonchev–Trinajstić information content (AvgIpc) is 3.49. The normalized spacial score (nSPS) is 15.0. The number of rotatable bonds is 5. The maximum atomic E-state index is 13.7. The van der Waals surface area contributed by atoms with Gasteiger partial charge in [0, 0.05) is 5.92 Å². The lowest BCUT2D eigenvalue weighted by Gasteiger charge is -2.22. The van der Waals surface area contributed by atoms with Crippen LogP contribution >= 0.6 is 11.3 Å². The van der Waals surface area contributed by atoms with Crippen LogP contribution in [0.4, 0.5) is 5.13 Å². The predicted molar refractivity (Wildman–Crippen MR) is 138 cm³/mol. The number of para-hydroxylation sites is 2. The van der Waals surface area contributed by atoms with Gasteiger partial charge in [-0.15, -0.1) is 10.2 Å². The van der Waals surface area contributed by atoms with Crippen molar-refractivity contribution in [3.63, 3.8) is 0 Å². The fourth-order valence-corrected chi connectivity index (χ4v) is 5.23. The summed E-state index contributed by atoms with van der Waals surface area (Å²) in [6, 6.07) is 23.0. The van der Waals surface area contributed by atoms with Crippen molar-refractivity contribution in [2.75, 3.05) is 4.90 Å². The Morgan fingerprint density at radius 2 is 1.67 bits per heavy atom. The van der Waals surface area contributed by atoms with Crippen LogP contribution in [0, 0.1) is 0 Å². The quantitative estimate of drug-likeness (QED) is 0.284. The van der Waals surface area contributed by atoms with Gasteiger partial charge in [-0.2, -0.15) is 0 Å². The number of hydrogen-bond acceptors (Lipinski definition) is 7. The number of carbonyl (C=O) groups is 1. The second-order valence-corrected chi connectivity index (χ2v) is 9.80. The zero-order chi connectivity index (χ0) is 24.8. The third-order valence-corrected chi connectivity index (χ3v) is 7.28. The molecule has 0 saturated heterocycles. The second kappa shape index (κ2) is 8.73. The second-order valence-electron chi connectivity index (χ2n) is 8.81. The Morgan fingerprint density at radius 1 is 0.917 bits per heavy atom. The molecule has 8 heteroatoms. The lowest BCUT2D eigenvalue weighted by Crippen LogP contribution is -2.29. The Morgan fingerprint density at radius 3 is 2.44 bits per heavy atom. The molecule has 0 bridgehead atoms. The molecule has 5 aromatic rings. The molecule has 0 aliphatic carbocycles. The van der Waals surface area contributed by atoms with E-state index in [-0.39, 0.29) is 22.7 Å². The Labute approximate surface area is 210 Å². The summed E-state index contributed by atoms with van der Waals surface area (Å²) in [6.45, 7) is 4.04. The van der Waals surface area contributed by atoms with E-state index in [1.54, 1.807) is 24.3 Å². The predicted octanol–water partition coefficient (Wildman–Crippen LogP) is 6.31. The molecule has 1 atom stereocenters. The van der Waals surface area contributed by atoms with Gasteiger partial charge in [0.05, 0.1) is 17.0 Å². The van der Waals surface area contributed by atoms with E-state index in [0.29, 0.717) is 33.2 Å². The van der Waals surface area contributed by atoms with Gasteiger partial charge in [-0.25, -0.2) is 0 Å². The summed E-state index contributed by atoms with van der Waals surface area (Å²) in [5.41, 5.74) is 1.13. The molecule has 0 saturated carbocycles. The molecule has 3 heterocycles. The summed E-state index contributed by atoms with van der Waals surface area (Å²) in [5.74, 6) is 1.04. The van der Waals surface area contributed by atoms with Crippen LogP contribution in [0.15, 0.2) is 88.1 Å². The van der Waals surface area contributed by atoms with Gasteiger partial charge in [0.15, 0.2) is 5.43 Å². The van der Waals surface area contributed by atoms with Crippen LogP contribution < -0.4 is 15.1 Å². The van der Waals surface area contributed by atoms with Crippen LogP contribution in [0.3, 0.4) is 0 Å². The van der Waals surface area contributed by atoms with E-state index < -0.39 is 11.9 Å². The van der Waals surface area contributed by atoms with Crippen LogP contribution in [0.5, 0.6) is 11.5 Å². The molecule has 3 aromatic carbocycles. The standard InChI is InChI=1S/C28H21N3O4S/c1-16(2)26-29-30-28(36-26)31-23(17-9-8-12-19(15-17)34-18-10-4-3-5-11-18)22-24(32)20-13-6-7-14-21(20)35-25(22)27(31)33/h3-16,23H,1-2H3. The van der Waals surface area contributed by atoms with E-state index in [1.807, 2.05) is 68.4 Å². The molecule has 0 radical (unpaired) electrons. The van der Waals surface area contributed by atoms with Crippen molar-refractivity contribution in [2.24, 2.45) is 0 Å². The Hall–Kier alpha value is -4.30. The number of anilines is 1. The van der Waals surface area contributed by atoms with Gasteiger partial charge in [0.1, 0.15) is 22.1 Å². The van der Waals surface area contributed by atoms with Crippen molar-refractivity contribution >= 4 is 33.3 Å². The van der Waals surface area contributed by atoms with Gasteiger partial charge >= 0.3 is 0 Å². The Bertz CT molecular complexity index is 1660. The van der Waals surface area contributed by atoms with Crippen molar-refractivity contribution in [1.82, 2.24) is 10.2 Å². The van der Waals surface area contributed by atoms with E-state index in [4.69, 9.17) is 9.15 Å². The minimum atomic E-state index is -0.736. The highest BCUT2D eigenvalue weighted by Gasteiger charge is 2.45. The van der Waals surface area contributed by atoms with E-state index >= 15 is 0 Å². The third-order valence-electron chi connectivity index (χ3n) is 6.06. The molecule has 7 nitrogen and oxygen atoms in total. The minimum Gasteiger partial charge on any atom is -0.457 e. The molecule has 1 amide bonds. The highest BCUT2D eigenvalue weighted by atomic mass is 32.1. The topological polar surface area (TPSA) is 85.5 Å². The van der Waals surface area contributed by atoms with E-state index in [9.17, 15) is 9.59 Å². The number of amides is 1. The average molecular weight is 496 g/mol. The maximum absolute atomic E-state index is 13.7. The van der Waals surface area contributed by atoms with E-state index in [2.05, 4.69) is 10.2 Å². The zero-order valence-corrected chi connectivity index (χ0v) is 20.4. The molecule has 0 N–H and O–H groups in total. The minimum absolute atomic E-state index is 0.0272. The van der Waals surface area contributed by atoms with Gasteiger partial charge in [0.25, 0.3) is 5.91 Å². The van der Waals surface area contributed by atoms with Crippen molar-refractivity contribution in [1.29, 1.82) is 0 Å². The first-order chi connectivity index (χ1) is 17.5. The van der Waals surface area contributed by atoms with Crippen molar-refractivity contribution in [3.05, 3.63) is 111 Å². The first-order valence-electron chi connectivity index (χ1n) is 11.6. The Balaban J connectivity index is 1.54. The summed E-state index contributed by atoms with van der Waals surface area (Å²) in [7, 11) is 0. The third kappa shape index (κ3) is 3.67. The number of ether oxygens (including phenoxy) is 1. The van der Waals surface area contributed by atoms with Gasteiger partial charge in [-0.1, -0.05) is 67.6 Å². The number of hydrogen-bond donors (Lipinski definition) is 0. The summed E-state index contributed by atoms with van der Waals surface area (Å²) in [5, 5.41) is 10.2. The van der Waals surface area contributed by atoms with Gasteiger partial charge in [-0.3, -0.25) is 14.5 Å². The highest BCUT2D eigenvalue weighted by molar-refractivity contribution is 7.15. The maximum Gasteiger partial charge on any atom is 0.297 e. The molecular formula is C28H21N3O4S. The molecule has 1 aliphatic rings. The van der Waals surface area contributed by atoms with E-state index in [1.165, 1.54) is 16.2 Å². The van der Waals surface area contributed by atoms with Crippen LogP contribution in [0.25, 0.3) is 11.0 Å². The largest absolute Gasteiger partial charge is 0.457 e. The number of aromatic nitrogens is 2. The smallest absolute Gasteiger partial charge is 0.297 e. The first-order valence-corrected chi connectivity index (χ1v) is 12.4. The molecule has 0 spiro atoms. The number of benzene rings is 3. The van der Waals surface area contributed by atoms with Gasteiger partial charge < -0.3 is 9.15 Å². The van der Waals surface area contributed by atoms with Crippen molar-refractivity contribution in [2.45, 2.75) is 25.8 Å². The summed E-state index contributed by atoms with van der Waals surface area (Å²) >= 11 is 1.34. The molecular weight excluding hydrogens is 474 g/mol. The monoisotopic (exact) mass is 495 g/mol. The van der Waals surface area contributed by atoms with Crippen LogP contribution in [0.2, 0.25) is 0 Å². The molecule has 6 rings (SSSR count). The van der Waals surface area contributed by atoms with Crippen molar-refractivity contribution < 1.29 is 13.9 Å². The molecule has 1 unspecified atom stereocenters. The highest BCUT2D eigenvalue weighted by Crippen LogP contribution is 2.43. The number of carbonyl (C=O) groups excluding carboxylic acids is 1. The van der Waals surface area contributed by atoms with Crippen molar-refractivity contribution in [3.8, 4) is 11.5 Å². The molecule has 2 aromatic heterocycles. The number of fused-ring (bicyclic) bond motifs is 2. The fraction of sp³-hybridized carbons (Fsp3) is 0.143. The summed E-state index contributed by atoms with van der Waals surface area (Å²) < 4.78 is 12.1. The first kappa shape index (κ1) is 22.2. The van der Waals surface area contributed by atoms with Crippen LogP contribution in [-0.2, 0) is 0 Å². The summed E-state index contributed by atoms with van der Waals surface area (Å²) in [6.07, 6.45) is 0. The number of nitrogens with zero attached hydrogens (tertiary/aromatic N) is 3. The van der Waals surface area contributed by atoms with Crippen LogP contribution in [0.1, 0.15) is 52.5 Å². The van der Waals surface area contributed by atoms with Gasteiger partial charge in [0.2, 0.25) is 10.9 Å². The molecule has 1 aliphatic heterocycles. The Kier molecular flexibility index (Phi) is 5.38. The lowest BCUT2D eigenvalue weighted by atomic mass is 9.98. The molecule has 36 heavy (non-hydrogen) atoms. The zero-order valence-electron chi connectivity index (χ0n) is 19.5. The fourth-order valence-electron chi connectivity index (χ4n) is 4.36. The van der Waals surface area contributed by atoms with E-state index in [0.717, 1.165) is 5.01 Å². The molecule has 178 valence electrons. The lowest BCUT2D eigenvalue weighted by molar-refractivity contribution is 0.0970. The summed E-state index contributed by atoms with van der Waals surface area (Å²) in [4.78, 5) is 29.0. The van der Waals surface area contributed by atoms with Gasteiger partial charge in [-0.05, 0) is 42.0 Å². The molecule has 0 fully saturated rings.